The minimum atomic E-state index is -0.266. The van der Waals surface area contributed by atoms with Gasteiger partial charge in [-0.05, 0) is 37.4 Å². The first-order valence-corrected chi connectivity index (χ1v) is 6.71. The molecule has 2 atom stereocenters. The van der Waals surface area contributed by atoms with Crippen LogP contribution in [-0.4, -0.2) is 28.5 Å². The molecule has 0 amide bonds. The molecule has 1 saturated heterocycles. The van der Waals surface area contributed by atoms with E-state index in [-0.39, 0.29) is 23.5 Å². The van der Waals surface area contributed by atoms with Gasteiger partial charge in [0.2, 0.25) is 0 Å². The van der Waals surface area contributed by atoms with E-state index >= 15 is 0 Å². The van der Waals surface area contributed by atoms with E-state index in [1.165, 1.54) is 6.92 Å². The molecule has 2 bridgehead atoms. The number of nitrogens with one attached hydrogen (secondary N) is 1. The molecule has 5 nitrogen and oxygen atoms in total. The Kier molecular flexibility index (Phi) is 3.03. The molecule has 1 fully saturated rings. The molecule has 2 unspecified atom stereocenters. The second-order valence-electron chi connectivity index (χ2n) is 5.56. The van der Waals surface area contributed by atoms with Crippen molar-refractivity contribution in [3.05, 3.63) is 33.2 Å². The van der Waals surface area contributed by atoms with E-state index in [0.29, 0.717) is 23.9 Å². The number of ketones is 1. The van der Waals surface area contributed by atoms with Crippen molar-refractivity contribution in [1.82, 2.24) is 9.88 Å². The van der Waals surface area contributed by atoms with Crippen molar-refractivity contribution in [1.29, 1.82) is 0 Å². The minimum Gasteiger partial charge on any atom is -0.392 e. The lowest BCUT2D eigenvalue weighted by Crippen LogP contribution is -2.46. The van der Waals surface area contributed by atoms with E-state index < -0.39 is 0 Å². The number of pyridine rings is 1. The molecule has 0 spiro atoms. The van der Waals surface area contributed by atoms with E-state index in [1.807, 2.05) is 6.07 Å². The molecular weight excluding hydrogens is 244 g/mol. The highest BCUT2D eigenvalue weighted by Gasteiger charge is 2.32. The number of aliphatic hydroxyl groups is 1. The zero-order chi connectivity index (χ0) is 13.6. The average Bonchev–Trinajstić information content (AvgIpc) is 2.39. The summed E-state index contributed by atoms with van der Waals surface area (Å²) in [6.45, 7) is 3.58. The van der Waals surface area contributed by atoms with E-state index in [9.17, 15) is 14.7 Å². The molecule has 5 heteroatoms. The molecule has 1 aromatic heterocycles. The van der Waals surface area contributed by atoms with Gasteiger partial charge in [0, 0.05) is 24.7 Å². The Morgan fingerprint density at radius 1 is 1.53 bits per heavy atom. The van der Waals surface area contributed by atoms with Gasteiger partial charge in [0.15, 0.2) is 5.78 Å². The number of hydrogen-bond donors (Lipinski definition) is 2. The van der Waals surface area contributed by atoms with Gasteiger partial charge in [0.25, 0.3) is 5.56 Å². The maximum atomic E-state index is 12.5. The topological polar surface area (TPSA) is 71.3 Å². The molecule has 0 saturated carbocycles. The quantitative estimate of drug-likeness (QED) is 0.750. The monoisotopic (exact) mass is 262 g/mol. The molecule has 102 valence electrons. The predicted molar refractivity (Wildman–Crippen MR) is 70.3 cm³/mol. The Bertz CT molecular complexity index is 591. The van der Waals surface area contributed by atoms with Crippen LogP contribution in [0.15, 0.2) is 10.9 Å². The molecule has 1 aromatic rings. The molecule has 2 aliphatic heterocycles. The highest BCUT2D eigenvalue weighted by Crippen LogP contribution is 2.32. The Hall–Kier alpha value is -1.46. The van der Waals surface area contributed by atoms with Crippen molar-refractivity contribution in [3.63, 3.8) is 0 Å². The third kappa shape index (κ3) is 1.93. The van der Waals surface area contributed by atoms with Gasteiger partial charge in [-0.25, -0.2) is 0 Å². The Morgan fingerprint density at radius 2 is 2.32 bits per heavy atom. The lowest BCUT2D eigenvalue weighted by atomic mass is 9.83. The van der Waals surface area contributed by atoms with Crippen molar-refractivity contribution >= 4 is 5.78 Å². The summed E-state index contributed by atoms with van der Waals surface area (Å²) in [5.74, 6) is 0.508. The average molecular weight is 262 g/mol. The largest absolute Gasteiger partial charge is 0.392 e. The van der Waals surface area contributed by atoms with Crippen LogP contribution in [0.1, 0.15) is 40.9 Å². The Labute approximate surface area is 111 Å². The Balaban J connectivity index is 2.22. The molecule has 19 heavy (non-hydrogen) atoms. The third-order valence-corrected chi connectivity index (χ3v) is 4.24. The van der Waals surface area contributed by atoms with Crippen LogP contribution in [0, 0.1) is 5.92 Å². The van der Waals surface area contributed by atoms with Gasteiger partial charge in [0.1, 0.15) is 0 Å². The van der Waals surface area contributed by atoms with Crippen molar-refractivity contribution in [2.75, 3.05) is 13.1 Å². The first-order chi connectivity index (χ1) is 9.11. The molecule has 3 rings (SSSR count). The first kappa shape index (κ1) is 12.6. The predicted octanol–water partition coefficient (Wildman–Crippen LogP) is 0.250. The van der Waals surface area contributed by atoms with Gasteiger partial charge >= 0.3 is 0 Å². The fourth-order valence-electron chi connectivity index (χ4n) is 3.40. The van der Waals surface area contributed by atoms with Crippen LogP contribution >= 0.6 is 0 Å². The van der Waals surface area contributed by atoms with Crippen LogP contribution in [0.5, 0.6) is 0 Å². The second-order valence-corrected chi connectivity index (χ2v) is 5.56. The van der Waals surface area contributed by atoms with Crippen molar-refractivity contribution in [2.45, 2.75) is 32.4 Å². The maximum absolute atomic E-state index is 12.5. The summed E-state index contributed by atoms with van der Waals surface area (Å²) in [4.78, 5) is 24.1. The van der Waals surface area contributed by atoms with E-state index in [1.54, 1.807) is 4.57 Å². The number of rotatable bonds is 2. The van der Waals surface area contributed by atoms with Crippen LogP contribution in [-0.2, 0) is 13.2 Å². The highest BCUT2D eigenvalue weighted by atomic mass is 16.3. The van der Waals surface area contributed by atoms with E-state index in [2.05, 4.69) is 5.32 Å². The number of aliphatic hydroxyl groups excluding tert-OH is 1. The normalized spacial score (nSPS) is 24.9. The molecule has 0 aliphatic carbocycles. The van der Waals surface area contributed by atoms with Crippen molar-refractivity contribution in [2.24, 2.45) is 5.92 Å². The number of piperidine rings is 1. The SMILES string of the molecule is CC(=O)c1c(CO)cc2n(c1=O)CC1CNCC2C1. The van der Waals surface area contributed by atoms with Crippen LogP contribution < -0.4 is 10.9 Å². The van der Waals surface area contributed by atoms with Gasteiger partial charge in [-0.2, -0.15) is 0 Å². The number of aromatic nitrogens is 1. The number of hydrogen-bond acceptors (Lipinski definition) is 4. The molecule has 2 N–H and O–H groups in total. The summed E-state index contributed by atoms with van der Waals surface area (Å²) in [5.41, 5.74) is 1.35. The summed E-state index contributed by atoms with van der Waals surface area (Å²) in [5, 5.41) is 12.8. The lowest BCUT2D eigenvalue weighted by molar-refractivity contribution is 0.101. The zero-order valence-electron chi connectivity index (χ0n) is 11.0. The van der Waals surface area contributed by atoms with Gasteiger partial charge in [-0.15, -0.1) is 0 Å². The number of carbonyl (C=O) groups excluding carboxylic acids is 1. The summed E-state index contributed by atoms with van der Waals surface area (Å²) < 4.78 is 1.75. The molecule has 2 aliphatic rings. The molecule has 0 radical (unpaired) electrons. The smallest absolute Gasteiger partial charge is 0.262 e. The first-order valence-electron chi connectivity index (χ1n) is 6.71. The number of nitrogens with zero attached hydrogens (tertiary/aromatic N) is 1. The number of fused-ring (bicyclic) bond motifs is 4. The second kappa shape index (κ2) is 4.58. The van der Waals surface area contributed by atoms with E-state index in [4.69, 9.17) is 0 Å². The van der Waals surface area contributed by atoms with Crippen LogP contribution in [0.2, 0.25) is 0 Å². The number of Topliss-reactive ketones (excluding diaryl/α,β-unsaturated/α-hetero) is 1. The third-order valence-electron chi connectivity index (χ3n) is 4.24. The van der Waals surface area contributed by atoms with Crippen LogP contribution in [0.25, 0.3) is 0 Å². The van der Waals surface area contributed by atoms with Crippen LogP contribution in [0.3, 0.4) is 0 Å². The van der Waals surface area contributed by atoms with Crippen molar-refractivity contribution < 1.29 is 9.90 Å². The summed E-state index contributed by atoms with van der Waals surface area (Å²) in [6.07, 6.45) is 1.08. The Morgan fingerprint density at radius 3 is 3.00 bits per heavy atom. The van der Waals surface area contributed by atoms with Gasteiger partial charge < -0.3 is 15.0 Å². The summed E-state index contributed by atoms with van der Waals surface area (Å²) >= 11 is 0. The molecule has 3 heterocycles. The van der Waals surface area contributed by atoms with E-state index in [0.717, 1.165) is 25.2 Å². The van der Waals surface area contributed by atoms with Crippen LogP contribution in [0.4, 0.5) is 0 Å². The van der Waals surface area contributed by atoms with Gasteiger partial charge in [0.05, 0.1) is 12.2 Å². The lowest BCUT2D eigenvalue weighted by Gasteiger charge is -2.38. The minimum absolute atomic E-state index is 0.152. The zero-order valence-corrected chi connectivity index (χ0v) is 11.0. The summed E-state index contributed by atoms with van der Waals surface area (Å²) in [7, 11) is 0. The van der Waals surface area contributed by atoms with Gasteiger partial charge in [-0.1, -0.05) is 0 Å². The standard InChI is InChI=1S/C14H18N2O3/c1-8(18)13-11(7-17)3-12-10-2-9(4-15-5-10)6-16(12)14(13)19/h3,9-10,15,17H,2,4-7H2,1H3. The maximum Gasteiger partial charge on any atom is 0.262 e. The summed E-state index contributed by atoms with van der Waals surface area (Å²) in [6, 6.07) is 1.84. The fraction of sp³-hybridized carbons (Fsp3) is 0.571. The van der Waals surface area contributed by atoms with Crippen molar-refractivity contribution in [3.8, 4) is 0 Å². The fourth-order valence-corrected chi connectivity index (χ4v) is 3.40. The van der Waals surface area contributed by atoms with Gasteiger partial charge in [-0.3, -0.25) is 9.59 Å². The number of carbonyl (C=O) groups is 1. The molecular formula is C14H18N2O3. The molecule has 0 aromatic carbocycles. The highest BCUT2D eigenvalue weighted by molar-refractivity contribution is 5.95.